The lowest BCUT2D eigenvalue weighted by molar-refractivity contribution is -0.155. The maximum Gasteiger partial charge on any atom is 0.317 e. The summed E-state index contributed by atoms with van der Waals surface area (Å²) in [4.78, 5) is 38.6. The molecule has 0 unspecified atom stereocenters. The number of aliphatic carboxylic acids is 1. The van der Waals surface area contributed by atoms with E-state index in [9.17, 15) is 14.4 Å². The first-order chi connectivity index (χ1) is 12.8. The highest BCUT2D eigenvalue weighted by atomic mass is 35.5. The number of nitrogen functional groups attached to an aromatic ring is 1. The third-order valence-electron chi connectivity index (χ3n) is 5.06. The van der Waals surface area contributed by atoms with E-state index in [0.717, 1.165) is 17.5 Å². The number of fused-ring (bicyclic) bond motifs is 1. The smallest absolute Gasteiger partial charge is 0.317 e. The standard InChI is InChI=1S/C18H22ClN3O5/c1-27-18-11-4-2-3-10(5-12(11)13(19)6-14(18)20)22-15(23)7-21(8-16(22)24)9-17(25)26/h6,10H,2-5,7-9,20H2,1H3,(H,25,26)/t10-/m0/s1. The normalized spacial score (nSPS) is 21.0. The number of benzene rings is 1. The molecule has 0 saturated carbocycles. The molecule has 1 aliphatic carbocycles. The molecule has 27 heavy (non-hydrogen) atoms. The predicted molar refractivity (Wildman–Crippen MR) is 98.8 cm³/mol. The number of carboxylic acids is 1. The van der Waals surface area contributed by atoms with E-state index in [4.69, 9.17) is 27.2 Å². The fourth-order valence-corrected chi connectivity index (χ4v) is 4.29. The minimum Gasteiger partial charge on any atom is -0.494 e. The molecule has 1 aliphatic heterocycles. The minimum absolute atomic E-state index is 0.0831. The molecule has 1 aromatic rings. The number of carbonyl (C=O) groups excluding carboxylic acids is 2. The third kappa shape index (κ3) is 3.86. The fourth-order valence-electron chi connectivity index (χ4n) is 3.98. The number of anilines is 1. The average Bonchev–Trinajstić information content (AvgIpc) is 2.77. The Morgan fingerprint density at radius 3 is 2.59 bits per heavy atom. The second kappa shape index (κ2) is 7.74. The summed E-state index contributed by atoms with van der Waals surface area (Å²) in [7, 11) is 1.55. The number of methoxy groups -OCH3 is 1. The van der Waals surface area contributed by atoms with Gasteiger partial charge in [-0.2, -0.15) is 0 Å². The zero-order valence-corrected chi connectivity index (χ0v) is 15.8. The first kappa shape index (κ1) is 19.4. The van der Waals surface area contributed by atoms with E-state index in [1.165, 1.54) is 9.80 Å². The van der Waals surface area contributed by atoms with Gasteiger partial charge in [0.05, 0.1) is 32.4 Å². The molecule has 2 amide bonds. The Morgan fingerprint density at radius 2 is 2.00 bits per heavy atom. The second-order valence-corrected chi connectivity index (χ2v) is 7.29. The van der Waals surface area contributed by atoms with E-state index in [-0.39, 0.29) is 37.5 Å². The molecule has 146 valence electrons. The van der Waals surface area contributed by atoms with Crippen molar-refractivity contribution in [1.82, 2.24) is 9.80 Å². The monoisotopic (exact) mass is 395 g/mol. The van der Waals surface area contributed by atoms with Crippen LogP contribution in [0.25, 0.3) is 0 Å². The van der Waals surface area contributed by atoms with Crippen molar-refractivity contribution >= 4 is 35.1 Å². The van der Waals surface area contributed by atoms with Gasteiger partial charge >= 0.3 is 5.97 Å². The molecule has 0 spiro atoms. The molecule has 1 saturated heterocycles. The fraction of sp³-hybridized carbons (Fsp3) is 0.500. The highest BCUT2D eigenvalue weighted by Gasteiger charge is 2.38. The van der Waals surface area contributed by atoms with Gasteiger partial charge in [-0.25, -0.2) is 0 Å². The van der Waals surface area contributed by atoms with Crippen molar-refractivity contribution in [1.29, 1.82) is 0 Å². The molecule has 1 heterocycles. The van der Waals surface area contributed by atoms with Gasteiger partial charge in [0.25, 0.3) is 0 Å². The Hall–Kier alpha value is -2.32. The number of amides is 2. The molecule has 3 N–H and O–H groups in total. The van der Waals surface area contributed by atoms with Crippen molar-refractivity contribution in [3.63, 3.8) is 0 Å². The third-order valence-corrected chi connectivity index (χ3v) is 5.40. The lowest BCUT2D eigenvalue weighted by atomic mass is 9.98. The summed E-state index contributed by atoms with van der Waals surface area (Å²) < 4.78 is 5.43. The molecule has 1 aromatic carbocycles. The van der Waals surface area contributed by atoms with E-state index < -0.39 is 5.97 Å². The topological polar surface area (TPSA) is 113 Å². The Kier molecular flexibility index (Phi) is 5.57. The summed E-state index contributed by atoms with van der Waals surface area (Å²) in [6, 6.07) is 1.32. The maximum absolute atomic E-state index is 12.6. The Balaban J connectivity index is 1.86. The molecular weight excluding hydrogens is 374 g/mol. The van der Waals surface area contributed by atoms with Crippen LogP contribution in [0.5, 0.6) is 5.75 Å². The Bertz CT molecular complexity index is 780. The lowest BCUT2D eigenvalue weighted by Gasteiger charge is -2.36. The number of halogens is 1. The van der Waals surface area contributed by atoms with Gasteiger partial charge in [-0.15, -0.1) is 0 Å². The molecule has 0 radical (unpaired) electrons. The number of nitrogens with two attached hydrogens (primary N) is 1. The number of hydrogen-bond donors (Lipinski definition) is 2. The number of carboxylic acid groups (broad SMARTS) is 1. The average molecular weight is 396 g/mol. The predicted octanol–water partition coefficient (Wildman–Crippen LogP) is 0.934. The number of rotatable bonds is 4. The molecule has 3 rings (SSSR count). The van der Waals surface area contributed by atoms with Crippen molar-refractivity contribution < 1.29 is 24.2 Å². The maximum atomic E-state index is 12.6. The van der Waals surface area contributed by atoms with Crippen LogP contribution in [0.2, 0.25) is 5.02 Å². The second-order valence-electron chi connectivity index (χ2n) is 6.88. The first-order valence-electron chi connectivity index (χ1n) is 8.74. The summed E-state index contributed by atoms with van der Waals surface area (Å²) in [6.07, 6.45) is 2.52. The van der Waals surface area contributed by atoms with Gasteiger partial charge in [-0.3, -0.25) is 24.2 Å². The van der Waals surface area contributed by atoms with Gasteiger partial charge in [0, 0.05) is 16.6 Å². The number of imide groups is 1. The van der Waals surface area contributed by atoms with Gasteiger partial charge in [0.1, 0.15) is 5.75 Å². The van der Waals surface area contributed by atoms with E-state index in [1.807, 2.05) is 0 Å². The minimum atomic E-state index is -1.07. The Labute approximate surface area is 161 Å². The SMILES string of the molecule is COc1c(N)cc(Cl)c2c1CCC[C@H](N1C(=O)CN(CC(=O)O)CC1=O)C2. The molecule has 0 bridgehead atoms. The number of hydrogen-bond acceptors (Lipinski definition) is 6. The van der Waals surface area contributed by atoms with Gasteiger partial charge < -0.3 is 15.6 Å². The molecule has 1 fully saturated rings. The summed E-state index contributed by atoms with van der Waals surface area (Å²) in [5.74, 6) is -1.22. The molecule has 8 nitrogen and oxygen atoms in total. The van der Waals surface area contributed by atoms with Gasteiger partial charge in [0.15, 0.2) is 0 Å². The molecule has 2 aliphatic rings. The van der Waals surface area contributed by atoms with Gasteiger partial charge in [-0.1, -0.05) is 11.6 Å². The van der Waals surface area contributed by atoms with Gasteiger partial charge in [-0.05, 0) is 37.3 Å². The summed E-state index contributed by atoms with van der Waals surface area (Å²) >= 11 is 6.41. The summed E-state index contributed by atoms with van der Waals surface area (Å²) in [5.41, 5.74) is 8.24. The van der Waals surface area contributed by atoms with Crippen LogP contribution in [0.3, 0.4) is 0 Å². The zero-order chi connectivity index (χ0) is 19.7. The number of ether oxygens (including phenoxy) is 1. The number of carbonyl (C=O) groups is 3. The van der Waals surface area contributed by atoms with Crippen LogP contribution in [0.15, 0.2) is 6.07 Å². The lowest BCUT2D eigenvalue weighted by Crippen LogP contribution is -2.58. The molecular formula is C18H22ClN3O5. The van der Waals surface area contributed by atoms with Gasteiger partial charge in [0.2, 0.25) is 11.8 Å². The van der Waals surface area contributed by atoms with E-state index in [0.29, 0.717) is 35.7 Å². The van der Waals surface area contributed by atoms with Crippen LogP contribution in [0, 0.1) is 0 Å². The van der Waals surface area contributed by atoms with Crippen molar-refractivity contribution in [2.24, 2.45) is 0 Å². The summed E-state index contributed by atoms with van der Waals surface area (Å²) in [6.45, 7) is -0.499. The van der Waals surface area contributed by atoms with Crippen molar-refractivity contribution in [3.8, 4) is 5.75 Å². The highest BCUT2D eigenvalue weighted by molar-refractivity contribution is 6.32. The Morgan fingerprint density at radius 1 is 1.33 bits per heavy atom. The van der Waals surface area contributed by atoms with Crippen LogP contribution < -0.4 is 10.5 Å². The quantitative estimate of drug-likeness (QED) is 0.443. The number of nitrogens with zero attached hydrogens (tertiary/aromatic N) is 2. The van der Waals surface area contributed by atoms with Crippen molar-refractivity contribution in [2.45, 2.75) is 31.7 Å². The largest absolute Gasteiger partial charge is 0.494 e. The van der Waals surface area contributed by atoms with Crippen LogP contribution in [-0.2, 0) is 27.2 Å². The molecule has 9 heteroatoms. The number of piperazine rings is 1. The van der Waals surface area contributed by atoms with Crippen LogP contribution in [0.1, 0.15) is 24.0 Å². The van der Waals surface area contributed by atoms with Crippen molar-refractivity contribution in [2.75, 3.05) is 32.5 Å². The van der Waals surface area contributed by atoms with E-state index >= 15 is 0 Å². The van der Waals surface area contributed by atoms with Crippen LogP contribution >= 0.6 is 11.6 Å². The summed E-state index contributed by atoms with van der Waals surface area (Å²) in [5, 5.41) is 9.39. The molecule has 0 aromatic heterocycles. The van der Waals surface area contributed by atoms with E-state index in [2.05, 4.69) is 0 Å². The molecule has 1 atom stereocenters. The highest BCUT2D eigenvalue weighted by Crippen LogP contribution is 2.39. The van der Waals surface area contributed by atoms with E-state index in [1.54, 1.807) is 13.2 Å². The first-order valence-corrected chi connectivity index (χ1v) is 9.12. The van der Waals surface area contributed by atoms with Crippen LogP contribution in [0.4, 0.5) is 5.69 Å². The van der Waals surface area contributed by atoms with Crippen LogP contribution in [-0.4, -0.2) is 65.5 Å². The van der Waals surface area contributed by atoms with Crippen molar-refractivity contribution in [3.05, 3.63) is 22.2 Å². The zero-order valence-electron chi connectivity index (χ0n) is 15.0.